The Balaban J connectivity index is 0.00000124. The molecule has 3 aliphatic rings. The summed E-state index contributed by atoms with van der Waals surface area (Å²) in [6, 6.07) is 3.25. The number of nitrogens with zero attached hydrogens (tertiary/aromatic N) is 1. The minimum atomic E-state index is -0.510. The number of aliphatic imine (C=N–C) groups is 1. The minimum absolute atomic E-state index is 0.0540. The zero-order valence-electron chi connectivity index (χ0n) is 18.5. The molecule has 6 nitrogen and oxygen atoms in total. The molecule has 2 saturated carbocycles. The maximum Gasteiger partial charge on any atom is 0.407 e. The van der Waals surface area contributed by atoms with Crippen molar-refractivity contribution in [2.24, 2.45) is 10.9 Å². The molecule has 2 unspecified atom stereocenters. The average Bonchev–Trinajstić information content (AvgIpc) is 3.43. The van der Waals surface area contributed by atoms with E-state index < -0.39 is 5.60 Å². The number of hydrogen-bond acceptors (Lipinski definition) is 6. The highest BCUT2D eigenvalue weighted by atomic mass is 32.2. The Morgan fingerprint density at radius 2 is 1.90 bits per heavy atom. The molecule has 2 atom stereocenters. The number of anilines is 1. The normalized spacial score (nSPS) is 22.7. The lowest BCUT2D eigenvalue weighted by Gasteiger charge is -2.23. The van der Waals surface area contributed by atoms with Crippen LogP contribution in [-0.2, 0) is 4.74 Å². The third kappa shape index (κ3) is 6.03. The maximum atomic E-state index is 14.1. The second-order valence-electron chi connectivity index (χ2n) is 8.77. The van der Waals surface area contributed by atoms with Crippen LogP contribution in [0, 0.1) is 11.7 Å². The summed E-state index contributed by atoms with van der Waals surface area (Å²) >= 11 is 1.43. The van der Waals surface area contributed by atoms with Crippen LogP contribution < -0.4 is 15.4 Å². The molecule has 3 N–H and O–H groups in total. The van der Waals surface area contributed by atoms with E-state index in [9.17, 15) is 9.18 Å². The highest BCUT2D eigenvalue weighted by Crippen LogP contribution is 2.43. The van der Waals surface area contributed by atoms with E-state index in [4.69, 9.17) is 9.73 Å². The molecule has 0 saturated heterocycles. The van der Waals surface area contributed by atoms with E-state index in [0.29, 0.717) is 5.92 Å². The van der Waals surface area contributed by atoms with Crippen molar-refractivity contribution in [1.29, 1.82) is 0 Å². The number of carbonyl (C=O) groups is 1. The van der Waals surface area contributed by atoms with Gasteiger partial charge in [-0.15, -0.1) is 0 Å². The molecule has 4 rings (SSSR count). The molecule has 2 aliphatic carbocycles. The van der Waals surface area contributed by atoms with Gasteiger partial charge < -0.3 is 20.1 Å². The summed E-state index contributed by atoms with van der Waals surface area (Å²) in [4.78, 5) is 17.6. The summed E-state index contributed by atoms with van der Waals surface area (Å²) in [5, 5.41) is 6.40. The van der Waals surface area contributed by atoms with Crippen molar-refractivity contribution >= 4 is 35.3 Å². The molecule has 30 heavy (non-hydrogen) atoms. The van der Waals surface area contributed by atoms with Crippen LogP contribution in [-0.4, -0.2) is 29.6 Å². The second kappa shape index (κ2) is 9.45. The first-order valence-electron chi connectivity index (χ1n) is 10.9. The topological polar surface area (TPSA) is 74.8 Å². The van der Waals surface area contributed by atoms with Gasteiger partial charge in [-0.05, 0) is 77.0 Å². The molecule has 1 heterocycles. The van der Waals surface area contributed by atoms with Crippen molar-refractivity contribution < 1.29 is 13.9 Å². The van der Waals surface area contributed by atoms with E-state index >= 15 is 0 Å². The van der Waals surface area contributed by atoms with Crippen LogP contribution in [0.5, 0.6) is 0 Å². The van der Waals surface area contributed by atoms with Crippen molar-refractivity contribution in [3.8, 4) is 0 Å². The molecular weight excluding hydrogens is 403 g/mol. The number of alkyl carbamates (subject to hydrolysis) is 1. The minimum Gasteiger partial charge on any atom is -0.444 e. The lowest BCUT2D eigenvalue weighted by Crippen LogP contribution is -2.38. The fraction of sp³-hybridized carbons (Fsp3) is 0.636. The number of benzene rings is 1. The predicted molar refractivity (Wildman–Crippen MR) is 121 cm³/mol. The van der Waals surface area contributed by atoms with Crippen LogP contribution in [0.25, 0.3) is 0 Å². The molecule has 0 radical (unpaired) electrons. The van der Waals surface area contributed by atoms with Crippen LogP contribution in [0.1, 0.15) is 66.7 Å². The Hall–Kier alpha value is -1.96. The van der Waals surface area contributed by atoms with Gasteiger partial charge in [-0.2, -0.15) is 0 Å². The Morgan fingerprint density at radius 3 is 2.57 bits per heavy atom. The van der Waals surface area contributed by atoms with E-state index in [1.54, 1.807) is 0 Å². The van der Waals surface area contributed by atoms with Gasteiger partial charge in [0.25, 0.3) is 0 Å². The quantitative estimate of drug-likeness (QED) is 0.523. The van der Waals surface area contributed by atoms with Crippen LogP contribution in [0.4, 0.5) is 20.6 Å². The molecule has 0 aromatic heterocycles. The number of hydrogen-bond donors (Lipinski definition) is 3. The standard InChI is InChI=1S/C20H27FN4O2S.C2H6/c1-20(2,3)27-19(26)23-14-7-6-13(10-14)22-15-8-12(21)9-16-17(15)24-18(25-28-16)11-4-5-11;1-2/h8-9,11,13-14,22H,4-7,10H2,1-3H3,(H,23,26)(H,24,25);1-2H3. The van der Waals surface area contributed by atoms with Gasteiger partial charge in [0.1, 0.15) is 22.9 Å². The SMILES string of the molecule is CC.CC(C)(C)OC(=O)NC1CCC(Nc2cc(F)cc3c2N=C(C2CC2)NS3)C1. The first-order chi connectivity index (χ1) is 14.3. The summed E-state index contributed by atoms with van der Waals surface area (Å²) in [6.45, 7) is 9.55. The monoisotopic (exact) mass is 436 g/mol. The van der Waals surface area contributed by atoms with Crippen molar-refractivity contribution in [2.75, 3.05) is 5.32 Å². The number of ether oxygens (including phenoxy) is 1. The highest BCUT2D eigenvalue weighted by molar-refractivity contribution is 7.98. The molecule has 2 fully saturated rings. The van der Waals surface area contributed by atoms with Gasteiger partial charge >= 0.3 is 6.09 Å². The first kappa shape index (κ1) is 22.7. The smallest absolute Gasteiger partial charge is 0.407 e. The number of nitrogens with one attached hydrogen (secondary N) is 3. The molecule has 1 aliphatic heterocycles. The third-order valence-electron chi connectivity index (χ3n) is 5.01. The number of rotatable bonds is 4. The first-order valence-corrected chi connectivity index (χ1v) is 11.7. The summed E-state index contributed by atoms with van der Waals surface area (Å²) in [6.07, 6.45) is 4.47. The zero-order chi connectivity index (χ0) is 21.9. The van der Waals surface area contributed by atoms with Gasteiger partial charge in [-0.3, -0.25) is 0 Å². The molecule has 0 spiro atoms. The lowest BCUT2D eigenvalue weighted by molar-refractivity contribution is 0.0505. The Kier molecular flexibility index (Phi) is 7.16. The summed E-state index contributed by atoms with van der Waals surface area (Å²) < 4.78 is 22.7. The summed E-state index contributed by atoms with van der Waals surface area (Å²) in [5.74, 6) is 1.22. The van der Waals surface area contributed by atoms with Crippen LogP contribution >= 0.6 is 11.9 Å². The molecule has 8 heteroatoms. The summed E-state index contributed by atoms with van der Waals surface area (Å²) in [7, 11) is 0. The number of halogens is 1. The third-order valence-corrected chi connectivity index (χ3v) is 5.86. The molecule has 1 amide bonds. The lowest BCUT2D eigenvalue weighted by atomic mass is 10.2. The molecule has 0 bridgehead atoms. The van der Waals surface area contributed by atoms with Gasteiger partial charge in [0, 0.05) is 18.0 Å². The highest BCUT2D eigenvalue weighted by Gasteiger charge is 2.32. The van der Waals surface area contributed by atoms with Gasteiger partial charge in [-0.1, -0.05) is 13.8 Å². The van der Waals surface area contributed by atoms with Crippen LogP contribution in [0.15, 0.2) is 22.0 Å². The largest absolute Gasteiger partial charge is 0.444 e. The van der Waals surface area contributed by atoms with Crippen molar-refractivity contribution in [3.63, 3.8) is 0 Å². The number of carbonyl (C=O) groups excluding carboxylic acids is 1. The van der Waals surface area contributed by atoms with E-state index in [0.717, 1.165) is 54.2 Å². The number of fused-ring (bicyclic) bond motifs is 1. The van der Waals surface area contributed by atoms with Crippen molar-refractivity contribution in [2.45, 2.75) is 89.3 Å². The zero-order valence-corrected chi connectivity index (χ0v) is 19.3. The van der Waals surface area contributed by atoms with E-state index in [1.165, 1.54) is 24.1 Å². The fourth-order valence-corrected chi connectivity index (χ4v) is 4.45. The van der Waals surface area contributed by atoms with E-state index in [-0.39, 0.29) is 24.0 Å². The van der Waals surface area contributed by atoms with Gasteiger partial charge in [0.15, 0.2) is 0 Å². The van der Waals surface area contributed by atoms with Crippen LogP contribution in [0.2, 0.25) is 0 Å². The summed E-state index contributed by atoms with van der Waals surface area (Å²) in [5.41, 5.74) is 1.03. The molecule has 1 aromatic carbocycles. The molecule has 1 aromatic rings. The number of amidine groups is 1. The Labute approximate surface area is 183 Å². The second-order valence-corrected chi connectivity index (χ2v) is 9.62. The van der Waals surface area contributed by atoms with E-state index in [2.05, 4.69) is 15.4 Å². The number of amides is 1. The Morgan fingerprint density at radius 1 is 1.20 bits per heavy atom. The fourth-order valence-electron chi connectivity index (χ4n) is 3.60. The molecule has 166 valence electrons. The van der Waals surface area contributed by atoms with E-state index in [1.807, 2.05) is 34.6 Å². The average molecular weight is 437 g/mol. The maximum absolute atomic E-state index is 14.1. The van der Waals surface area contributed by atoms with Crippen LogP contribution in [0.3, 0.4) is 0 Å². The van der Waals surface area contributed by atoms with Crippen molar-refractivity contribution in [1.82, 2.24) is 10.0 Å². The van der Waals surface area contributed by atoms with Gasteiger partial charge in [-0.25, -0.2) is 14.2 Å². The Bertz CT molecular complexity index is 805. The van der Waals surface area contributed by atoms with Gasteiger partial charge in [0.05, 0.1) is 10.6 Å². The molecular formula is C22H33FN4O2S. The van der Waals surface area contributed by atoms with Crippen molar-refractivity contribution in [3.05, 3.63) is 17.9 Å². The predicted octanol–water partition coefficient (Wildman–Crippen LogP) is 5.76. The van der Waals surface area contributed by atoms with Gasteiger partial charge in [0.2, 0.25) is 0 Å².